The maximum absolute atomic E-state index is 13.5. The summed E-state index contributed by atoms with van der Waals surface area (Å²) in [7, 11) is 1.72. The van der Waals surface area contributed by atoms with Crippen LogP contribution in [0.5, 0.6) is 0 Å². The van der Waals surface area contributed by atoms with Crippen molar-refractivity contribution in [3.8, 4) is 0 Å². The normalized spacial score (nSPS) is 11.3. The zero-order chi connectivity index (χ0) is 13.8. The molecule has 0 bridgehead atoms. The van der Waals surface area contributed by atoms with Gasteiger partial charge in [-0.1, -0.05) is 0 Å². The molecule has 0 aliphatic rings. The summed E-state index contributed by atoms with van der Waals surface area (Å²) in [6.07, 6.45) is 3.20. The van der Waals surface area contributed by atoms with Crippen LogP contribution in [-0.4, -0.2) is 23.3 Å². The van der Waals surface area contributed by atoms with Gasteiger partial charge in [-0.3, -0.25) is 0 Å². The van der Waals surface area contributed by atoms with E-state index >= 15 is 0 Å². The number of unbranched alkanes of at least 4 members (excludes halogenated alkanes) is 2. The summed E-state index contributed by atoms with van der Waals surface area (Å²) in [6.45, 7) is 3.42. The van der Waals surface area contributed by atoms with Gasteiger partial charge in [-0.15, -0.1) is 0 Å². The van der Waals surface area contributed by atoms with Gasteiger partial charge in [0.15, 0.2) is 4.77 Å². The van der Waals surface area contributed by atoms with E-state index in [1.165, 1.54) is 6.07 Å². The molecule has 2 rings (SSSR count). The van der Waals surface area contributed by atoms with Crippen molar-refractivity contribution in [2.75, 3.05) is 13.7 Å². The minimum atomic E-state index is -0.198. The molecule has 0 aliphatic carbocycles. The molecule has 0 spiro atoms. The van der Waals surface area contributed by atoms with Crippen molar-refractivity contribution in [1.29, 1.82) is 0 Å². The van der Waals surface area contributed by atoms with Gasteiger partial charge in [0.1, 0.15) is 5.82 Å². The number of aromatic nitrogens is 2. The van der Waals surface area contributed by atoms with Crippen LogP contribution in [0.3, 0.4) is 0 Å². The molecular weight excluding hydrogens is 263 g/mol. The highest BCUT2D eigenvalue weighted by atomic mass is 32.1. The highest BCUT2D eigenvalue weighted by Crippen LogP contribution is 2.19. The highest BCUT2D eigenvalue weighted by Gasteiger charge is 2.07. The Labute approximate surface area is 117 Å². The molecule has 0 saturated heterocycles. The van der Waals surface area contributed by atoms with Crippen LogP contribution in [-0.2, 0) is 11.3 Å². The number of nitrogens with zero attached hydrogens (tertiary/aromatic N) is 1. The molecule has 19 heavy (non-hydrogen) atoms. The lowest BCUT2D eigenvalue weighted by Gasteiger charge is -2.05. The molecule has 3 nitrogen and oxygen atoms in total. The number of rotatable bonds is 6. The lowest BCUT2D eigenvalue weighted by molar-refractivity contribution is 0.191. The number of ether oxygens (including phenoxy) is 1. The molecule has 1 N–H and O–H groups in total. The average Bonchev–Trinajstić information content (AvgIpc) is 2.66. The van der Waals surface area contributed by atoms with Gasteiger partial charge in [-0.25, -0.2) is 4.39 Å². The second kappa shape index (κ2) is 6.30. The fraction of sp³-hybridized carbons (Fsp3) is 0.500. The van der Waals surface area contributed by atoms with Crippen molar-refractivity contribution >= 4 is 23.3 Å². The van der Waals surface area contributed by atoms with Gasteiger partial charge in [-0.2, -0.15) is 0 Å². The Balaban J connectivity index is 2.16. The number of aryl methyl sites for hydroxylation is 2. The van der Waals surface area contributed by atoms with E-state index in [-0.39, 0.29) is 5.82 Å². The number of H-pyrrole nitrogens is 1. The smallest absolute Gasteiger partial charge is 0.178 e. The lowest BCUT2D eigenvalue weighted by Crippen LogP contribution is -1.99. The molecule has 0 unspecified atom stereocenters. The Hall–Kier alpha value is -1.20. The monoisotopic (exact) mass is 282 g/mol. The number of benzene rings is 1. The quantitative estimate of drug-likeness (QED) is 0.642. The predicted octanol–water partition coefficient (Wildman–Crippen LogP) is 3.96. The number of halogens is 1. The van der Waals surface area contributed by atoms with Crippen LogP contribution in [0.4, 0.5) is 4.39 Å². The van der Waals surface area contributed by atoms with Gasteiger partial charge in [0.2, 0.25) is 0 Å². The van der Waals surface area contributed by atoms with Gasteiger partial charge in [-0.05, 0) is 56.1 Å². The van der Waals surface area contributed by atoms with Crippen molar-refractivity contribution in [3.05, 3.63) is 28.3 Å². The second-order valence-electron chi connectivity index (χ2n) is 4.75. The minimum Gasteiger partial charge on any atom is -0.385 e. The topological polar surface area (TPSA) is 29.9 Å². The Bertz CT molecular complexity index is 618. The van der Waals surface area contributed by atoms with Crippen molar-refractivity contribution in [2.24, 2.45) is 0 Å². The average molecular weight is 282 g/mol. The minimum absolute atomic E-state index is 0.198. The van der Waals surface area contributed by atoms with Crippen molar-refractivity contribution in [1.82, 2.24) is 9.55 Å². The van der Waals surface area contributed by atoms with E-state index in [0.29, 0.717) is 10.3 Å². The number of imidazole rings is 1. The van der Waals surface area contributed by atoms with E-state index < -0.39 is 0 Å². The van der Waals surface area contributed by atoms with Gasteiger partial charge in [0, 0.05) is 20.3 Å². The fourth-order valence-corrected chi connectivity index (χ4v) is 2.50. The standard InChI is InChI=1S/C14H19FN2OS/c1-10-8-13-12(9-11(10)15)16-14(19)17(13)6-4-3-5-7-18-2/h8-9H,3-7H2,1-2H3,(H,16,19). The van der Waals surface area contributed by atoms with E-state index in [2.05, 4.69) is 4.98 Å². The molecule has 0 radical (unpaired) electrons. The van der Waals surface area contributed by atoms with Gasteiger partial charge >= 0.3 is 0 Å². The largest absolute Gasteiger partial charge is 0.385 e. The molecule has 1 aromatic carbocycles. The van der Waals surface area contributed by atoms with Crippen LogP contribution in [0.1, 0.15) is 24.8 Å². The first-order valence-corrected chi connectivity index (χ1v) is 6.92. The van der Waals surface area contributed by atoms with Crippen molar-refractivity contribution < 1.29 is 9.13 Å². The van der Waals surface area contributed by atoms with Gasteiger partial charge in [0.05, 0.1) is 11.0 Å². The van der Waals surface area contributed by atoms with Crippen molar-refractivity contribution in [2.45, 2.75) is 32.7 Å². The molecule has 5 heteroatoms. The fourth-order valence-electron chi connectivity index (χ4n) is 2.20. The van der Waals surface area contributed by atoms with E-state index in [9.17, 15) is 4.39 Å². The number of hydrogen-bond acceptors (Lipinski definition) is 2. The molecule has 0 atom stereocenters. The summed E-state index contributed by atoms with van der Waals surface area (Å²) in [5, 5.41) is 0. The number of nitrogens with one attached hydrogen (secondary N) is 1. The zero-order valence-electron chi connectivity index (χ0n) is 11.3. The second-order valence-corrected chi connectivity index (χ2v) is 5.14. The Morgan fingerprint density at radius 3 is 2.84 bits per heavy atom. The van der Waals surface area contributed by atoms with E-state index in [1.54, 1.807) is 14.0 Å². The molecular formula is C14H19FN2OS. The van der Waals surface area contributed by atoms with Crippen LogP contribution in [0.2, 0.25) is 0 Å². The molecule has 2 aromatic rings. The molecule has 104 valence electrons. The summed E-state index contributed by atoms with van der Waals surface area (Å²) < 4.78 is 21.2. The summed E-state index contributed by atoms with van der Waals surface area (Å²) in [5.41, 5.74) is 2.40. The third kappa shape index (κ3) is 3.22. The first-order chi connectivity index (χ1) is 9.13. The molecule has 0 fully saturated rings. The summed E-state index contributed by atoms with van der Waals surface area (Å²) in [5.74, 6) is -0.198. The molecule has 1 heterocycles. The summed E-state index contributed by atoms with van der Waals surface area (Å²) in [4.78, 5) is 3.06. The van der Waals surface area contributed by atoms with Crippen molar-refractivity contribution in [3.63, 3.8) is 0 Å². The number of methoxy groups -OCH3 is 1. The Morgan fingerprint density at radius 2 is 2.11 bits per heavy atom. The summed E-state index contributed by atoms with van der Waals surface area (Å²) >= 11 is 5.30. The maximum atomic E-state index is 13.5. The van der Waals surface area contributed by atoms with Crippen LogP contribution < -0.4 is 0 Å². The van der Waals surface area contributed by atoms with Crippen LogP contribution in [0, 0.1) is 17.5 Å². The number of fused-ring (bicyclic) bond motifs is 1. The molecule has 0 amide bonds. The molecule has 0 aliphatic heterocycles. The van der Waals surface area contributed by atoms with Crippen LogP contribution in [0.25, 0.3) is 11.0 Å². The van der Waals surface area contributed by atoms with Crippen LogP contribution >= 0.6 is 12.2 Å². The molecule has 0 saturated carbocycles. The van der Waals surface area contributed by atoms with Gasteiger partial charge < -0.3 is 14.3 Å². The third-order valence-corrected chi connectivity index (χ3v) is 3.61. The van der Waals surface area contributed by atoms with E-state index in [4.69, 9.17) is 17.0 Å². The zero-order valence-corrected chi connectivity index (χ0v) is 12.1. The first kappa shape index (κ1) is 14.2. The SMILES string of the molecule is COCCCCCn1c(=S)[nH]c2cc(F)c(C)cc21. The number of aromatic amines is 1. The Kier molecular flexibility index (Phi) is 4.71. The highest BCUT2D eigenvalue weighted by molar-refractivity contribution is 7.71. The van der Waals surface area contributed by atoms with Crippen LogP contribution in [0.15, 0.2) is 12.1 Å². The van der Waals surface area contributed by atoms with E-state index in [1.807, 2.05) is 10.6 Å². The van der Waals surface area contributed by atoms with E-state index in [0.717, 1.165) is 43.4 Å². The van der Waals surface area contributed by atoms with Gasteiger partial charge in [0.25, 0.3) is 0 Å². The molecule has 1 aromatic heterocycles. The number of hydrogen-bond donors (Lipinski definition) is 1. The predicted molar refractivity (Wildman–Crippen MR) is 77.5 cm³/mol. The summed E-state index contributed by atoms with van der Waals surface area (Å²) in [6, 6.07) is 3.37. The lowest BCUT2D eigenvalue weighted by atomic mass is 10.2. The third-order valence-electron chi connectivity index (χ3n) is 3.28. The maximum Gasteiger partial charge on any atom is 0.178 e. The first-order valence-electron chi connectivity index (χ1n) is 6.51. The Morgan fingerprint density at radius 1 is 1.32 bits per heavy atom.